The van der Waals surface area contributed by atoms with Crippen LogP contribution in [-0.4, -0.2) is 46.3 Å². The highest BCUT2D eigenvalue weighted by molar-refractivity contribution is 6.05. The summed E-state index contributed by atoms with van der Waals surface area (Å²) in [7, 11) is 1.81. The summed E-state index contributed by atoms with van der Waals surface area (Å²) < 4.78 is 7.57. The largest absolute Gasteiger partial charge is 0.491 e. The maximum atomic E-state index is 12.5. The number of rotatable bonds is 6. The Bertz CT molecular complexity index is 713. The van der Waals surface area contributed by atoms with Gasteiger partial charge >= 0.3 is 0 Å². The van der Waals surface area contributed by atoms with Crippen molar-refractivity contribution in [2.24, 2.45) is 7.05 Å². The van der Waals surface area contributed by atoms with E-state index in [4.69, 9.17) is 4.74 Å². The van der Waals surface area contributed by atoms with Crippen LogP contribution in [0.3, 0.4) is 0 Å². The van der Waals surface area contributed by atoms with Gasteiger partial charge in [0.25, 0.3) is 5.91 Å². The first kappa shape index (κ1) is 17.5. The quantitative estimate of drug-likeness (QED) is 0.877. The summed E-state index contributed by atoms with van der Waals surface area (Å²) in [6.45, 7) is 4.87. The molecule has 2 heterocycles. The monoisotopic (exact) mass is 342 g/mol. The molecule has 0 spiro atoms. The number of piperidine rings is 1. The molecule has 0 bridgehead atoms. The number of amides is 1. The number of benzene rings is 1. The molecule has 1 fully saturated rings. The van der Waals surface area contributed by atoms with Gasteiger partial charge in [-0.15, -0.1) is 0 Å². The molecule has 0 saturated carbocycles. The fraction of sp³-hybridized carbons (Fsp3) is 0.474. The van der Waals surface area contributed by atoms with Crippen LogP contribution in [0.4, 0.5) is 5.82 Å². The number of para-hydroxylation sites is 1. The van der Waals surface area contributed by atoms with Gasteiger partial charge in [0.05, 0.1) is 5.56 Å². The van der Waals surface area contributed by atoms with Crippen LogP contribution >= 0.6 is 0 Å². The minimum atomic E-state index is -0.208. The SMILES string of the molecule is C[C@H]1CCCCN1CCOc1ccccc1C(=O)Nc1ccn(C)n1. The number of hydrogen-bond acceptors (Lipinski definition) is 4. The van der Waals surface area contributed by atoms with Crippen molar-refractivity contribution in [3.05, 3.63) is 42.1 Å². The number of carbonyl (C=O) groups excluding carboxylic acids is 1. The van der Waals surface area contributed by atoms with Crippen molar-refractivity contribution in [2.45, 2.75) is 32.2 Å². The molecule has 2 aromatic rings. The Morgan fingerprint density at radius 1 is 1.32 bits per heavy atom. The van der Waals surface area contributed by atoms with Gasteiger partial charge in [0.1, 0.15) is 12.4 Å². The zero-order valence-electron chi connectivity index (χ0n) is 14.9. The molecule has 134 valence electrons. The van der Waals surface area contributed by atoms with E-state index in [1.54, 1.807) is 23.0 Å². The van der Waals surface area contributed by atoms with Crippen molar-refractivity contribution in [1.82, 2.24) is 14.7 Å². The van der Waals surface area contributed by atoms with Crippen LogP contribution in [0, 0.1) is 0 Å². The van der Waals surface area contributed by atoms with Crippen molar-refractivity contribution >= 4 is 11.7 Å². The van der Waals surface area contributed by atoms with E-state index >= 15 is 0 Å². The van der Waals surface area contributed by atoms with E-state index in [-0.39, 0.29) is 5.91 Å². The number of likely N-dealkylation sites (tertiary alicyclic amines) is 1. The molecule has 1 aliphatic heterocycles. The van der Waals surface area contributed by atoms with Crippen LogP contribution < -0.4 is 10.1 Å². The maximum absolute atomic E-state index is 12.5. The van der Waals surface area contributed by atoms with Crippen LogP contribution in [0.1, 0.15) is 36.5 Å². The first-order chi connectivity index (χ1) is 12.1. The first-order valence-electron chi connectivity index (χ1n) is 8.90. The Kier molecular flexibility index (Phi) is 5.71. The average molecular weight is 342 g/mol. The first-order valence-corrected chi connectivity index (χ1v) is 8.90. The Morgan fingerprint density at radius 2 is 2.16 bits per heavy atom. The highest BCUT2D eigenvalue weighted by Crippen LogP contribution is 2.20. The number of hydrogen-bond donors (Lipinski definition) is 1. The molecule has 1 aromatic heterocycles. The van der Waals surface area contributed by atoms with Gasteiger partial charge in [0.15, 0.2) is 5.82 Å². The van der Waals surface area contributed by atoms with E-state index < -0.39 is 0 Å². The Balaban J connectivity index is 1.59. The summed E-state index contributed by atoms with van der Waals surface area (Å²) >= 11 is 0. The lowest BCUT2D eigenvalue weighted by Crippen LogP contribution is -2.40. The number of nitrogens with one attached hydrogen (secondary N) is 1. The number of aromatic nitrogens is 2. The number of nitrogens with zero attached hydrogens (tertiary/aromatic N) is 3. The fourth-order valence-corrected chi connectivity index (χ4v) is 3.21. The van der Waals surface area contributed by atoms with Gasteiger partial charge in [-0.25, -0.2) is 0 Å². The summed E-state index contributed by atoms with van der Waals surface area (Å²) in [5, 5.41) is 6.98. The molecule has 0 aliphatic carbocycles. The minimum Gasteiger partial charge on any atom is -0.491 e. The van der Waals surface area contributed by atoms with Crippen LogP contribution in [0.15, 0.2) is 36.5 Å². The van der Waals surface area contributed by atoms with E-state index in [1.165, 1.54) is 19.3 Å². The van der Waals surface area contributed by atoms with Gasteiger partial charge in [0, 0.05) is 31.9 Å². The highest BCUT2D eigenvalue weighted by atomic mass is 16.5. The second-order valence-electron chi connectivity index (χ2n) is 6.55. The lowest BCUT2D eigenvalue weighted by Gasteiger charge is -2.33. The molecule has 1 amide bonds. The zero-order chi connectivity index (χ0) is 17.6. The Labute approximate surface area is 148 Å². The molecule has 25 heavy (non-hydrogen) atoms. The topological polar surface area (TPSA) is 59.4 Å². The molecular formula is C19H26N4O2. The van der Waals surface area contributed by atoms with Gasteiger partial charge in [-0.2, -0.15) is 5.10 Å². The predicted molar refractivity (Wildman–Crippen MR) is 98.0 cm³/mol. The molecule has 3 rings (SSSR count). The van der Waals surface area contributed by atoms with E-state index in [0.29, 0.717) is 29.8 Å². The van der Waals surface area contributed by atoms with Gasteiger partial charge < -0.3 is 10.1 Å². The molecule has 1 aliphatic rings. The van der Waals surface area contributed by atoms with Gasteiger partial charge in [0.2, 0.25) is 0 Å². The van der Waals surface area contributed by atoms with E-state index in [2.05, 4.69) is 22.2 Å². The van der Waals surface area contributed by atoms with Crippen molar-refractivity contribution in [2.75, 3.05) is 25.0 Å². The van der Waals surface area contributed by atoms with Crippen LogP contribution in [0.2, 0.25) is 0 Å². The third-order valence-corrected chi connectivity index (χ3v) is 4.66. The molecule has 0 unspecified atom stereocenters. The minimum absolute atomic E-state index is 0.208. The van der Waals surface area contributed by atoms with E-state index in [9.17, 15) is 4.79 Å². The van der Waals surface area contributed by atoms with Gasteiger partial charge in [-0.3, -0.25) is 14.4 Å². The second-order valence-corrected chi connectivity index (χ2v) is 6.55. The van der Waals surface area contributed by atoms with Crippen molar-refractivity contribution in [1.29, 1.82) is 0 Å². The summed E-state index contributed by atoms with van der Waals surface area (Å²) in [6, 6.07) is 9.71. The lowest BCUT2D eigenvalue weighted by atomic mass is 10.0. The molecule has 0 radical (unpaired) electrons. The van der Waals surface area contributed by atoms with Crippen LogP contribution in [0.5, 0.6) is 5.75 Å². The van der Waals surface area contributed by atoms with Crippen LogP contribution in [0.25, 0.3) is 0 Å². The summed E-state index contributed by atoms with van der Waals surface area (Å²) in [4.78, 5) is 15.0. The highest BCUT2D eigenvalue weighted by Gasteiger charge is 2.18. The standard InChI is InChI=1S/C19H26N4O2/c1-15-7-5-6-11-23(15)13-14-25-17-9-4-3-8-16(17)19(24)20-18-10-12-22(2)21-18/h3-4,8-10,12,15H,5-7,11,13-14H2,1-2H3,(H,20,21,24)/t15-/m0/s1. The smallest absolute Gasteiger partial charge is 0.260 e. The van der Waals surface area contributed by atoms with Gasteiger partial charge in [-0.1, -0.05) is 18.6 Å². The van der Waals surface area contributed by atoms with Crippen molar-refractivity contribution < 1.29 is 9.53 Å². The molecule has 1 saturated heterocycles. The summed E-state index contributed by atoms with van der Waals surface area (Å²) in [6.07, 6.45) is 5.61. The van der Waals surface area contributed by atoms with Crippen molar-refractivity contribution in [3.8, 4) is 5.75 Å². The Hall–Kier alpha value is -2.34. The molecule has 6 heteroatoms. The molecular weight excluding hydrogens is 316 g/mol. The second kappa shape index (κ2) is 8.16. The fourth-order valence-electron chi connectivity index (χ4n) is 3.21. The lowest BCUT2D eigenvalue weighted by molar-refractivity contribution is 0.101. The number of aryl methyl sites for hydroxylation is 1. The third-order valence-electron chi connectivity index (χ3n) is 4.66. The van der Waals surface area contributed by atoms with E-state index in [1.807, 2.05) is 25.2 Å². The average Bonchev–Trinajstić information content (AvgIpc) is 3.02. The number of carbonyl (C=O) groups is 1. The molecule has 6 nitrogen and oxygen atoms in total. The molecule has 1 atom stereocenters. The number of ether oxygens (including phenoxy) is 1. The molecule has 1 aromatic carbocycles. The predicted octanol–water partition coefficient (Wildman–Crippen LogP) is 2.93. The third kappa shape index (κ3) is 4.60. The summed E-state index contributed by atoms with van der Waals surface area (Å²) in [5.41, 5.74) is 0.528. The van der Waals surface area contributed by atoms with Gasteiger partial charge in [-0.05, 0) is 38.4 Å². The van der Waals surface area contributed by atoms with Crippen molar-refractivity contribution in [3.63, 3.8) is 0 Å². The van der Waals surface area contributed by atoms with Crippen LogP contribution in [-0.2, 0) is 7.05 Å². The summed E-state index contributed by atoms with van der Waals surface area (Å²) in [5.74, 6) is 0.936. The molecule has 1 N–H and O–H groups in total. The Morgan fingerprint density at radius 3 is 2.92 bits per heavy atom. The normalized spacial score (nSPS) is 18.1. The number of anilines is 1. The zero-order valence-corrected chi connectivity index (χ0v) is 14.9. The maximum Gasteiger partial charge on any atom is 0.260 e. The van der Waals surface area contributed by atoms with E-state index in [0.717, 1.165) is 13.1 Å².